The van der Waals surface area contributed by atoms with Gasteiger partial charge in [-0.1, -0.05) is 18.3 Å². The Hall–Kier alpha value is -3.71. The lowest BCUT2D eigenvalue weighted by molar-refractivity contribution is -0.132. The van der Waals surface area contributed by atoms with Crippen molar-refractivity contribution in [1.29, 1.82) is 0 Å². The molecule has 7 N–H and O–H groups in total. The van der Waals surface area contributed by atoms with E-state index in [2.05, 4.69) is 17.2 Å². The number of carbonyl (C=O) groups excluding carboxylic acids is 3. The molecule has 0 heterocycles. The largest absolute Gasteiger partial charge is 0.366 e. The van der Waals surface area contributed by atoms with E-state index < -0.39 is 17.9 Å². The maximum Gasteiger partial charge on any atom is 0.267 e. The number of hydrogen-bond donors (Lipinski definition) is 5. The van der Waals surface area contributed by atoms with Gasteiger partial charge < -0.3 is 16.8 Å². The fourth-order valence-corrected chi connectivity index (χ4v) is 5.27. The number of fused-ring (bicyclic) bond motifs is 2. The minimum atomic E-state index is -1.06. The van der Waals surface area contributed by atoms with E-state index in [4.69, 9.17) is 11.5 Å². The van der Waals surface area contributed by atoms with Crippen LogP contribution in [-0.4, -0.2) is 48.1 Å². The summed E-state index contributed by atoms with van der Waals surface area (Å²) in [5.74, 6) is 5.84. The Balaban J connectivity index is 1.49. The number of nitrogens with two attached hydrogens (primary N) is 2. The van der Waals surface area contributed by atoms with Gasteiger partial charge in [-0.3, -0.25) is 24.5 Å². The van der Waals surface area contributed by atoms with Crippen LogP contribution < -0.4 is 27.2 Å². The van der Waals surface area contributed by atoms with Crippen LogP contribution in [-0.2, 0) is 9.59 Å². The average molecular weight is 490 g/mol. The summed E-state index contributed by atoms with van der Waals surface area (Å²) in [6.45, 7) is -0.0823. The SMILES string of the molecule is NC[C@@H](C(=O)NO)N(C(=O)CNC1CC2CCC1C2)c1ccc(C#Cc2ccc(C(N)=O)cc2)cc1. The molecule has 2 fully saturated rings. The zero-order valence-electron chi connectivity index (χ0n) is 19.9. The fraction of sp³-hybridized carbons (Fsp3) is 0.370. The first kappa shape index (κ1) is 25.4. The van der Waals surface area contributed by atoms with Crippen molar-refractivity contribution >= 4 is 23.4 Å². The highest BCUT2D eigenvalue weighted by Gasteiger charge is 2.40. The van der Waals surface area contributed by atoms with Gasteiger partial charge in [-0.2, -0.15) is 0 Å². The standard InChI is InChI=1S/C27H31N5O4/c28-15-24(27(35)31-36)32(25(33)16-30-23-14-19-5-10-21(23)13-19)22-11-6-18(7-12-22)2-1-17-3-8-20(9-4-17)26(29)34/h3-4,6-9,11-12,19,21,23-24,30,36H,5,10,13-16,28H2,(H2,29,34)(H,31,35)/t19?,21?,23?,24-/m0/s1. The Bertz CT molecular complexity index is 1170. The molecule has 2 aromatic carbocycles. The molecule has 9 heteroatoms. The van der Waals surface area contributed by atoms with E-state index in [0.717, 1.165) is 17.9 Å². The average Bonchev–Trinajstić information content (AvgIpc) is 3.53. The van der Waals surface area contributed by atoms with Gasteiger partial charge in [0.25, 0.3) is 5.91 Å². The van der Waals surface area contributed by atoms with Gasteiger partial charge >= 0.3 is 0 Å². The molecule has 3 unspecified atom stereocenters. The third-order valence-corrected chi connectivity index (χ3v) is 7.14. The quantitative estimate of drug-likeness (QED) is 0.213. The molecule has 0 spiro atoms. The number of nitrogens with zero attached hydrogens (tertiary/aromatic N) is 1. The molecule has 0 radical (unpaired) electrons. The number of anilines is 1. The first-order valence-electron chi connectivity index (χ1n) is 12.1. The molecular formula is C27H31N5O4. The van der Waals surface area contributed by atoms with Crippen LogP contribution >= 0.6 is 0 Å². The van der Waals surface area contributed by atoms with Crippen molar-refractivity contribution in [3.05, 3.63) is 65.2 Å². The van der Waals surface area contributed by atoms with Crippen LogP contribution in [0, 0.1) is 23.7 Å². The van der Waals surface area contributed by atoms with Gasteiger partial charge in [-0.05, 0) is 79.6 Å². The molecule has 0 aromatic heterocycles. The molecule has 2 bridgehead atoms. The van der Waals surface area contributed by atoms with E-state index in [1.165, 1.54) is 24.2 Å². The summed E-state index contributed by atoms with van der Waals surface area (Å²) in [5, 5.41) is 12.6. The molecule has 188 valence electrons. The van der Waals surface area contributed by atoms with E-state index in [0.29, 0.717) is 28.8 Å². The highest BCUT2D eigenvalue weighted by atomic mass is 16.5. The third kappa shape index (κ3) is 5.74. The molecule has 2 aliphatic carbocycles. The van der Waals surface area contributed by atoms with Crippen molar-refractivity contribution in [3.8, 4) is 11.8 Å². The van der Waals surface area contributed by atoms with Crippen LogP contribution in [0.5, 0.6) is 0 Å². The number of nitrogens with one attached hydrogen (secondary N) is 2. The second-order valence-corrected chi connectivity index (χ2v) is 9.39. The van der Waals surface area contributed by atoms with Crippen molar-refractivity contribution in [3.63, 3.8) is 0 Å². The summed E-state index contributed by atoms with van der Waals surface area (Å²) < 4.78 is 0. The normalized spacial score (nSPS) is 20.8. The predicted octanol–water partition coefficient (Wildman–Crippen LogP) is 1.13. The van der Waals surface area contributed by atoms with Gasteiger partial charge in [0.15, 0.2) is 0 Å². The molecule has 3 amide bonds. The highest BCUT2D eigenvalue weighted by Crippen LogP contribution is 2.44. The summed E-state index contributed by atoms with van der Waals surface area (Å²) in [6.07, 6.45) is 4.75. The zero-order valence-corrected chi connectivity index (χ0v) is 19.9. The lowest BCUT2D eigenvalue weighted by Gasteiger charge is -2.31. The molecule has 4 atom stereocenters. The van der Waals surface area contributed by atoms with E-state index in [1.807, 2.05) is 0 Å². The van der Waals surface area contributed by atoms with Gasteiger partial charge in [0.05, 0.1) is 6.54 Å². The van der Waals surface area contributed by atoms with Crippen molar-refractivity contribution in [2.24, 2.45) is 23.3 Å². The molecule has 2 aliphatic rings. The Labute approximate surface area is 210 Å². The number of benzene rings is 2. The van der Waals surface area contributed by atoms with E-state index in [1.54, 1.807) is 54.0 Å². The minimum absolute atomic E-state index is 0.0753. The van der Waals surface area contributed by atoms with E-state index >= 15 is 0 Å². The molecule has 4 rings (SSSR count). The zero-order chi connectivity index (χ0) is 25.7. The topological polar surface area (TPSA) is 151 Å². The van der Waals surface area contributed by atoms with Gasteiger partial charge in [0, 0.05) is 35.0 Å². The number of hydrogen-bond acceptors (Lipinski definition) is 6. The number of amides is 3. The number of carbonyl (C=O) groups is 3. The number of primary amides is 1. The van der Waals surface area contributed by atoms with Crippen LogP contribution in [0.4, 0.5) is 5.69 Å². The first-order valence-corrected chi connectivity index (χ1v) is 12.1. The van der Waals surface area contributed by atoms with Crippen molar-refractivity contribution in [1.82, 2.24) is 10.8 Å². The second-order valence-electron chi connectivity index (χ2n) is 9.39. The monoisotopic (exact) mass is 489 g/mol. The van der Waals surface area contributed by atoms with Crippen LogP contribution in [0.1, 0.15) is 47.2 Å². The second kappa shape index (κ2) is 11.4. The summed E-state index contributed by atoms with van der Waals surface area (Å²) in [4.78, 5) is 38.1. The molecule has 2 aromatic rings. The maximum atomic E-state index is 13.3. The maximum absolute atomic E-state index is 13.3. The predicted molar refractivity (Wildman–Crippen MR) is 135 cm³/mol. The molecular weight excluding hydrogens is 458 g/mol. The van der Waals surface area contributed by atoms with E-state index in [-0.39, 0.29) is 19.0 Å². The van der Waals surface area contributed by atoms with Crippen LogP contribution in [0.25, 0.3) is 0 Å². The molecule has 0 aliphatic heterocycles. The molecule has 9 nitrogen and oxygen atoms in total. The van der Waals surface area contributed by atoms with Crippen LogP contribution in [0.2, 0.25) is 0 Å². The van der Waals surface area contributed by atoms with Crippen molar-refractivity contribution in [2.75, 3.05) is 18.0 Å². The lowest BCUT2D eigenvalue weighted by atomic mass is 9.95. The Kier molecular flexibility index (Phi) is 8.00. The molecule has 2 saturated carbocycles. The Morgan fingerprint density at radius 2 is 1.64 bits per heavy atom. The van der Waals surface area contributed by atoms with Gasteiger partial charge in [-0.15, -0.1) is 0 Å². The number of hydroxylamine groups is 1. The van der Waals surface area contributed by atoms with Crippen molar-refractivity contribution < 1.29 is 19.6 Å². The summed E-state index contributed by atoms with van der Waals surface area (Å²) in [5.41, 5.74) is 15.0. The van der Waals surface area contributed by atoms with Crippen molar-refractivity contribution in [2.45, 2.75) is 37.8 Å². The third-order valence-electron chi connectivity index (χ3n) is 7.14. The van der Waals surface area contributed by atoms with E-state index in [9.17, 15) is 19.6 Å². The molecule has 0 saturated heterocycles. The van der Waals surface area contributed by atoms with Crippen LogP contribution in [0.15, 0.2) is 48.5 Å². The summed E-state index contributed by atoms with van der Waals surface area (Å²) >= 11 is 0. The summed E-state index contributed by atoms with van der Waals surface area (Å²) in [6, 6.07) is 12.8. The smallest absolute Gasteiger partial charge is 0.267 e. The number of rotatable bonds is 8. The lowest BCUT2D eigenvalue weighted by Crippen LogP contribution is -2.55. The Morgan fingerprint density at radius 1 is 1.00 bits per heavy atom. The van der Waals surface area contributed by atoms with Gasteiger partial charge in [0.1, 0.15) is 6.04 Å². The first-order chi connectivity index (χ1) is 17.4. The minimum Gasteiger partial charge on any atom is -0.366 e. The van der Waals surface area contributed by atoms with Crippen LogP contribution in [0.3, 0.4) is 0 Å². The Morgan fingerprint density at radius 3 is 2.14 bits per heavy atom. The highest BCUT2D eigenvalue weighted by molar-refractivity contribution is 6.01. The van der Waals surface area contributed by atoms with Gasteiger partial charge in [0.2, 0.25) is 11.8 Å². The summed E-state index contributed by atoms with van der Waals surface area (Å²) in [7, 11) is 0. The fourth-order valence-electron chi connectivity index (χ4n) is 5.27. The van der Waals surface area contributed by atoms with Gasteiger partial charge in [-0.25, -0.2) is 5.48 Å². The molecule has 36 heavy (non-hydrogen) atoms.